The number of Topliss-reactive ketones (excluding diaryl/α,β-unsaturated/α-hetero) is 1. The summed E-state index contributed by atoms with van der Waals surface area (Å²) in [5.74, 6) is 0.254. The Labute approximate surface area is 248 Å². The molecule has 2 aliphatic rings. The maximum atomic E-state index is 13.6. The molecule has 1 aromatic carbocycles. The molecule has 0 saturated heterocycles. The molecule has 4 aromatic rings. The quantitative estimate of drug-likeness (QED) is 0.245. The second kappa shape index (κ2) is 11.3. The fraction of sp³-hybridized carbons (Fsp3) is 0.361. The van der Waals surface area contributed by atoms with E-state index in [-0.39, 0.29) is 11.2 Å². The molecule has 42 heavy (non-hydrogen) atoms. The van der Waals surface area contributed by atoms with Crippen LogP contribution in [0.4, 0.5) is 0 Å². The summed E-state index contributed by atoms with van der Waals surface area (Å²) in [6.07, 6.45) is 9.71. The highest BCUT2D eigenvalue weighted by molar-refractivity contribution is 6.00. The molecule has 3 aromatic heterocycles. The van der Waals surface area contributed by atoms with Crippen LogP contribution in [0, 0.1) is 6.92 Å². The predicted octanol–water partition coefficient (Wildman–Crippen LogP) is 7.34. The summed E-state index contributed by atoms with van der Waals surface area (Å²) in [7, 11) is 0. The van der Waals surface area contributed by atoms with Crippen LogP contribution in [0.15, 0.2) is 89.8 Å². The van der Waals surface area contributed by atoms with Crippen LogP contribution in [0.5, 0.6) is 0 Å². The van der Waals surface area contributed by atoms with Gasteiger partial charge < -0.3 is 4.98 Å². The average Bonchev–Trinajstić information content (AvgIpc) is 3.62. The number of ketones is 1. The number of hydrogen-bond donors (Lipinski definition) is 1. The lowest BCUT2D eigenvalue weighted by Crippen LogP contribution is -2.33. The van der Waals surface area contributed by atoms with E-state index in [0.29, 0.717) is 6.42 Å². The van der Waals surface area contributed by atoms with Crippen molar-refractivity contribution in [3.63, 3.8) is 0 Å². The molecule has 4 heterocycles. The summed E-state index contributed by atoms with van der Waals surface area (Å²) in [5, 5.41) is 6.15. The number of carbonyl (C=O) groups is 1. The monoisotopic (exact) mass is 559 g/mol. The number of fused-ring (bicyclic) bond motifs is 1. The van der Waals surface area contributed by atoms with Crippen molar-refractivity contribution in [3.05, 3.63) is 112 Å². The van der Waals surface area contributed by atoms with E-state index in [2.05, 4.69) is 102 Å². The van der Waals surface area contributed by atoms with Crippen molar-refractivity contribution in [2.24, 2.45) is 0 Å². The number of carbonyl (C=O) groups excluding carboxylic acids is 1. The third-order valence-electron chi connectivity index (χ3n) is 8.64. The van der Waals surface area contributed by atoms with Crippen LogP contribution < -0.4 is 0 Å². The van der Waals surface area contributed by atoms with E-state index in [0.717, 1.165) is 79.2 Å². The number of aryl methyl sites for hydroxylation is 2. The van der Waals surface area contributed by atoms with Crippen molar-refractivity contribution < 1.29 is 4.79 Å². The second-order valence-electron chi connectivity index (χ2n) is 12.8. The van der Waals surface area contributed by atoms with Crippen molar-refractivity contribution in [1.29, 1.82) is 0 Å². The molecule has 216 valence electrons. The lowest BCUT2D eigenvalue weighted by atomic mass is 9.81. The molecule has 0 radical (unpaired) electrons. The Balaban J connectivity index is 1.14. The summed E-state index contributed by atoms with van der Waals surface area (Å²) in [6.45, 7) is 15.7. The van der Waals surface area contributed by atoms with Gasteiger partial charge in [-0.2, -0.15) is 5.10 Å². The SMILES string of the molecule is C=C1CC=C(C(=O)CCCc2cc(C(C)(C)C)nn2-c2ccc(C)cc2)C2=C1CN(Cc1ccnc3[nH]ccc13)CC2. The maximum Gasteiger partial charge on any atom is 0.162 e. The van der Waals surface area contributed by atoms with Crippen LogP contribution >= 0.6 is 0 Å². The van der Waals surface area contributed by atoms with Gasteiger partial charge in [-0.3, -0.25) is 9.69 Å². The third kappa shape index (κ3) is 5.68. The zero-order valence-electron chi connectivity index (χ0n) is 25.3. The van der Waals surface area contributed by atoms with Crippen LogP contribution in [-0.4, -0.2) is 43.5 Å². The number of benzene rings is 1. The lowest BCUT2D eigenvalue weighted by molar-refractivity contribution is -0.115. The number of pyridine rings is 1. The van der Waals surface area contributed by atoms with E-state index < -0.39 is 0 Å². The Bertz CT molecular complexity index is 1710. The number of aromatic nitrogens is 4. The second-order valence-corrected chi connectivity index (χ2v) is 12.8. The van der Waals surface area contributed by atoms with Crippen LogP contribution in [0.2, 0.25) is 0 Å². The largest absolute Gasteiger partial charge is 0.346 e. The van der Waals surface area contributed by atoms with E-state index in [9.17, 15) is 4.79 Å². The van der Waals surface area contributed by atoms with E-state index in [1.54, 1.807) is 0 Å². The van der Waals surface area contributed by atoms with Gasteiger partial charge in [-0.1, -0.05) is 51.1 Å². The fourth-order valence-corrected chi connectivity index (χ4v) is 6.17. The fourth-order valence-electron chi connectivity index (χ4n) is 6.17. The first-order valence-corrected chi connectivity index (χ1v) is 15.1. The third-order valence-corrected chi connectivity index (χ3v) is 8.64. The van der Waals surface area contributed by atoms with Crippen molar-refractivity contribution in [2.75, 3.05) is 13.1 Å². The van der Waals surface area contributed by atoms with Gasteiger partial charge in [0.2, 0.25) is 0 Å². The molecule has 0 atom stereocenters. The molecular formula is C36H41N5O. The van der Waals surface area contributed by atoms with Gasteiger partial charge in [0, 0.05) is 60.5 Å². The predicted molar refractivity (Wildman–Crippen MR) is 170 cm³/mol. The highest BCUT2D eigenvalue weighted by Gasteiger charge is 2.28. The number of aromatic amines is 1. The zero-order valence-corrected chi connectivity index (χ0v) is 25.3. The molecule has 6 nitrogen and oxygen atoms in total. The summed E-state index contributed by atoms with van der Waals surface area (Å²) >= 11 is 0. The van der Waals surface area contributed by atoms with E-state index in [1.807, 2.05) is 12.4 Å². The minimum atomic E-state index is -0.0431. The highest BCUT2D eigenvalue weighted by Crippen LogP contribution is 2.36. The van der Waals surface area contributed by atoms with Gasteiger partial charge in [-0.25, -0.2) is 9.67 Å². The van der Waals surface area contributed by atoms with E-state index in [1.165, 1.54) is 27.7 Å². The Kier molecular flexibility index (Phi) is 7.58. The molecule has 6 heteroatoms. The molecule has 0 bridgehead atoms. The van der Waals surface area contributed by atoms with Crippen LogP contribution in [0.3, 0.4) is 0 Å². The average molecular weight is 560 g/mol. The summed E-state index contributed by atoms with van der Waals surface area (Å²) in [6, 6.07) is 14.9. The Morgan fingerprint density at radius 2 is 1.90 bits per heavy atom. The molecule has 6 rings (SSSR count). The smallest absolute Gasteiger partial charge is 0.162 e. The minimum absolute atomic E-state index is 0.0431. The molecule has 0 saturated carbocycles. The Morgan fingerprint density at radius 3 is 2.69 bits per heavy atom. The van der Waals surface area contributed by atoms with Crippen molar-refractivity contribution in [1.82, 2.24) is 24.6 Å². The van der Waals surface area contributed by atoms with Gasteiger partial charge in [-0.05, 0) is 85.2 Å². The topological polar surface area (TPSA) is 66.8 Å². The maximum absolute atomic E-state index is 13.6. The normalized spacial score (nSPS) is 16.2. The van der Waals surface area contributed by atoms with Gasteiger partial charge in [0.25, 0.3) is 0 Å². The number of nitrogens with one attached hydrogen (secondary N) is 1. The minimum Gasteiger partial charge on any atom is -0.346 e. The standard InChI is InChI=1S/C36H41N5O/c1-24-9-12-27(13-10-24)41-28(21-34(39-41)36(3,4)5)7-6-8-33(42)31-14-11-25(2)32-23-40(20-17-30(31)32)22-26-15-18-37-35-29(26)16-19-38-35/h9-10,12-16,18-19,21H,2,6-8,11,17,20,22-23H2,1,3-5H3,(H,37,38). The Morgan fingerprint density at radius 1 is 1.10 bits per heavy atom. The summed E-state index contributed by atoms with van der Waals surface area (Å²) in [5.41, 5.74) is 11.2. The molecule has 1 N–H and O–H groups in total. The van der Waals surface area contributed by atoms with Crippen molar-refractivity contribution in [3.8, 4) is 5.69 Å². The molecule has 0 unspecified atom stereocenters. The highest BCUT2D eigenvalue weighted by atomic mass is 16.1. The number of allylic oxidation sites excluding steroid dienone is 2. The van der Waals surface area contributed by atoms with Gasteiger partial charge >= 0.3 is 0 Å². The van der Waals surface area contributed by atoms with Gasteiger partial charge in [0.05, 0.1) is 11.4 Å². The van der Waals surface area contributed by atoms with Crippen LogP contribution in [0.25, 0.3) is 16.7 Å². The molecule has 0 spiro atoms. The van der Waals surface area contributed by atoms with Crippen molar-refractivity contribution in [2.45, 2.75) is 71.8 Å². The number of H-pyrrole nitrogens is 1. The van der Waals surface area contributed by atoms with Gasteiger partial charge in [-0.15, -0.1) is 0 Å². The summed E-state index contributed by atoms with van der Waals surface area (Å²) < 4.78 is 2.06. The molecule has 0 amide bonds. The molecule has 1 aliphatic heterocycles. The summed E-state index contributed by atoms with van der Waals surface area (Å²) in [4.78, 5) is 23.7. The van der Waals surface area contributed by atoms with Crippen LogP contribution in [0.1, 0.15) is 69.0 Å². The first-order valence-electron chi connectivity index (χ1n) is 15.1. The van der Waals surface area contributed by atoms with Crippen molar-refractivity contribution >= 4 is 16.8 Å². The number of rotatable bonds is 8. The lowest BCUT2D eigenvalue weighted by Gasteiger charge is -2.34. The first kappa shape index (κ1) is 28.1. The van der Waals surface area contributed by atoms with E-state index >= 15 is 0 Å². The van der Waals surface area contributed by atoms with Gasteiger partial charge in [0.15, 0.2) is 5.78 Å². The number of nitrogens with zero attached hydrogens (tertiary/aromatic N) is 4. The van der Waals surface area contributed by atoms with Crippen LogP contribution in [-0.2, 0) is 23.2 Å². The molecule has 1 aliphatic carbocycles. The molecule has 0 fully saturated rings. The molecular weight excluding hydrogens is 518 g/mol. The van der Waals surface area contributed by atoms with Gasteiger partial charge in [0.1, 0.15) is 5.65 Å². The Hall–Kier alpha value is -4.03. The van der Waals surface area contributed by atoms with E-state index in [4.69, 9.17) is 5.10 Å². The number of hydrogen-bond acceptors (Lipinski definition) is 4. The zero-order chi connectivity index (χ0) is 29.4. The first-order chi connectivity index (χ1) is 20.2.